The van der Waals surface area contributed by atoms with Crippen molar-refractivity contribution in [3.8, 4) is 0 Å². The SMILES string of the molecule is C.C.Cc1ccc2[nH]cc(C[C@H](CN3C(=O)c4ccccc4C3=O)NC(=O)OC(C)(C)C)c2c1.Cc1ccc2[nH]cc(C[C@H](CO)NC(=O)OC(C)(C)C)c2c1. The highest BCUT2D eigenvalue weighted by atomic mass is 16.6. The summed E-state index contributed by atoms with van der Waals surface area (Å²) in [6, 6.07) is 18.2. The van der Waals surface area contributed by atoms with Crippen LogP contribution in [0.5, 0.6) is 0 Å². The number of aryl methyl sites for hydroxylation is 2. The molecule has 1 aliphatic heterocycles. The topological polar surface area (TPSA) is 166 Å². The van der Waals surface area contributed by atoms with Crippen molar-refractivity contribution >= 4 is 45.8 Å². The Labute approximate surface area is 330 Å². The van der Waals surface area contributed by atoms with E-state index in [9.17, 15) is 24.3 Å². The molecular formula is C44H59N5O7. The minimum absolute atomic E-state index is 0. The molecule has 0 saturated carbocycles. The van der Waals surface area contributed by atoms with E-state index in [-0.39, 0.29) is 45.9 Å². The first-order valence-electron chi connectivity index (χ1n) is 18.1. The number of rotatable bonds is 9. The number of benzene rings is 3. The number of hydrogen-bond donors (Lipinski definition) is 5. The first-order chi connectivity index (χ1) is 25.4. The number of imide groups is 1. The zero-order chi connectivity index (χ0) is 39.4. The molecule has 0 bridgehead atoms. The Morgan fingerprint density at radius 3 is 1.52 bits per heavy atom. The molecule has 5 aromatic rings. The van der Waals surface area contributed by atoms with Gasteiger partial charge in [0.2, 0.25) is 0 Å². The molecule has 2 atom stereocenters. The van der Waals surface area contributed by atoms with Gasteiger partial charge in [-0.3, -0.25) is 14.5 Å². The van der Waals surface area contributed by atoms with Crippen molar-refractivity contribution in [3.05, 3.63) is 106 Å². The van der Waals surface area contributed by atoms with Gasteiger partial charge in [0.1, 0.15) is 11.2 Å². The summed E-state index contributed by atoms with van der Waals surface area (Å²) < 4.78 is 10.7. The minimum Gasteiger partial charge on any atom is -0.444 e. The lowest BCUT2D eigenvalue weighted by molar-refractivity contribution is 0.0466. The number of hydrogen-bond acceptors (Lipinski definition) is 7. The van der Waals surface area contributed by atoms with Crippen molar-refractivity contribution in [2.75, 3.05) is 13.2 Å². The fourth-order valence-electron chi connectivity index (χ4n) is 6.35. The maximum Gasteiger partial charge on any atom is 0.407 e. The van der Waals surface area contributed by atoms with E-state index in [1.807, 2.05) is 71.3 Å². The Kier molecular flexibility index (Phi) is 14.7. The van der Waals surface area contributed by atoms with Crippen LogP contribution in [0.4, 0.5) is 9.59 Å². The lowest BCUT2D eigenvalue weighted by Crippen LogP contribution is -2.48. The molecule has 0 aliphatic carbocycles. The van der Waals surface area contributed by atoms with E-state index in [0.29, 0.717) is 24.0 Å². The number of aliphatic hydroxyl groups excluding tert-OH is 1. The molecule has 6 rings (SSSR count). The lowest BCUT2D eigenvalue weighted by atomic mass is 10.0. The van der Waals surface area contributed by atoms with Crippen LogP contribution in [-0.4, -0.2) is 80.4 Å². The molecule has 12 heteroatoms. The van der Waals surface area contributed by atoms with Gasteiger partial charge in [0.05, 0.1) is 36.4 Å². The molecule has 56 heavy (non-hydrogen) atoms. The molecule has 302 valence electrons. The average molecular weight is 770 g/mol. The van der Waals surface area contributed by atoms with Gasteiger partial charge in [-0.1, -0.05) is 50.2 Å². The van der Waals surface area contributed by atoms with Gasteiger partial charge in [0.15, 0.2) is 0 Å². The highest BCUT2D eigenvalue weighted by Crippen LogP contribution is 2.26. The second kappa shape index (κ2) is 18.3. The van der Waals surface area contributed by atoms with Crippen LogP contribution in [0.2, 0.25) is 0 Å². The predicted octanol–water partition coefficient (Wildman–Crippen LogP) is 8.38. The summed E-state index contributed by atoms with van der Waals surface area (Å²) in [5.41, 5.74) is 5.94. The predicted molar refractivity (Wildman–Crippen MR) is 222 cm³/mol. The summed E-state index contributed by atoms with van der Waals surface area (Å²) in [5, 5.41) is 17.3. The summed E-state index contributed by atoms with van der Waals surface area (Å²) >= 11 is 0. The zero-order valence-corrected chi connectivity index (χ0v) is 32.3. The molecule has 0 unspecified atom stereocenters. The van der Waals surface area contributed by atoms with Gasteiger partial charge in [-0.25, -0.2) is 9.59 Å². The molecule has 5 N–H and O–H groups in total. The van der Waals surface area contributed by atoms with E-state index in [0.717, 1.165) is 38.5 Å². The zero-order valence-electron chi connectivity index (χ0n) is 32.3. The highest BCUT2D eigenvalue weighted by molar-refractivity contribution is 6.21. The van der Waals surface area contributed by atoms with Crippen LogP contribution in [0.3, 0.4) is 0 Å². The van der Waals surface area contributed by atoms with Crippen molar-refractivity contribution in [3.63, 3.8) is 0 Å². The second-order valence-electron chi connectivity index (χ2n) is 15.8. The molecule has 0 saturated heterocycles. The Bertz CT molecular complexity index is 2120. The van der Waals surface area contributed by atoms with Gasteiger partial charge in [-0.05, 0) is 116 Å². The van der Waals surface area contributed by atoms with Gasteiger partial charge in [-0.15, -0.1) is 0 Å². The van der Waals surface area contributed by atoms with Gasteiger partial charge >= 0.3 is 12.2 Å². The molecule has 0 fully saturated rings. The molecule has 0 radical (unpaired) electrons. The average Bonchev–Trinajstić information content (AvgIpc) is 3.73. The van der Waals surface area contributed by atoms with E-state index >= 15 is 0 Å². The molecule has 4 amide bonds. The number of amides is 4. The quantitative estimate of drug-likeness (QED) is 0.0940. The van der Waals surface area contributed by atoms with Crippen molar-refractivity contribution in [2.24, 2.45) is 0 Å². The monoisotopic (exact) mass is 769 g/mol. The van der Waals surface area contributed by atoms with Crippen LogP contribution in [0.25, 0.3) is 21.8 Å². The second-order valence-corrected chi connectivity index (χ2v) is 15.8. The summed E-state index contributed by atoms with van der Waals surface area (Å²) in [7, 11) is 0. The van der Waals surface area contributed by atoms with Gasteiger partial charge in [0, 0.05) is 34.2 Å². The van der Waals surface area contributed by atoms with Crippen molar-refractivity contribution in [1.29, 1.82) is 0 Å². The molecule has 3 heterocycles. The molecule has 1 aliphatic rings. The van der Waals surface area contributed by atoms with Crippen molar-refractivity contribution in [1.82, 2.24) is 25.5 Å². The minimum atomic E-state index is -0.665. The van der Waals surface area contributed by atoms with Gasteiger partial charge in [-0.2, -0.15) is 0 Å². The van der Waals surface area contributed by atoms with E-state index in [4.69, 9.17) is 9.47 Å². The number of carbonyl (C=O) groups is 4. The number of nitrogens with one attached hydrogen (secondary N) is 4. The number of H-pyrrole nitrogens is 2. The third-order valence-electron chi connectivity index (χ3n) is 8.72. The number of fused-ring (bicyclic) bond motifs is 3. The molecule has 2 aromatic heterocycles. The Morgan fingerprint density at radius 1 is 0.696 bits per heavy atom. The summed E-state index contributed by atoms with van der Waals surface area (Å²) in [5.74, 6) is -0.701. The Hall–Kier alpha value is -5.62. The van der Waals surface area contributed by atoms with Crippen LogP contribution < -0.4 is 10.6 Å². The number of alkyl carbamates (subject to hydrolysis) is 2. The maximum absolute atomic E-state index is 12.9. The number of aliphatic hydroxyl groups is 1. The van der Waals surface area contributed by atoms with Crippen LogP contribution >= 0.6 is 0 Å². The molecule has 3 aromatic carbocycles. The van der Waals surface area contributed by atoms with Crippen LogP contribution in [0.15, 0.2) is 73.1 Å². The highest BCUT2D eigenvalue weighted by Gasteiger charge is 2.37. The fourth-order valence-corrected chi connectivity index (χ4v) is 6.35. The third-order valence-corrected chi connectivity index (χ3v) is 8.72. The number of aromatic amines is 2. The fraction of sp³-hybridized carbons (Fsp3) is 0.409. The first-order valence-corrected chi connectivity index (χ1v) is 18.1. The lowest BCUT2D eigenvalue weighted by Gasteiger charge is -2.26. The largest absolute Gasteiger partial charge is 0.444 e. The molecule has 0 spiro atoms. The third kappa shape index (κ3) is 11.5. The van der Waals surface area contributed by atoms with Crippen LogP contribution in [-0.2, 0) is 22.3 Å². The van der Waals surface area contributed by atoms with E-state index in [1.54, 1.807) is 45.0 Å². The van der Waals surface area contributed by atoms with E-state index < -0.39 is 29.4 Å². The first kappa shape index (κ1) is 44.8. The number of ether oxygens (including phenoxy) is 2. The van der Waals surface area contributed by atoms with Gasteiger partial charge in [0.25, 0.3) is 11.8 Å². The number of carbonyl (C=O) groups excluding carboxylic acids is 4. The number of nitrogens with zero attached hydrogens (tertiary/aromatic N) is 1. The smallest absolute Gasteiger partial charge is 0.407 e. The van der Waals surface area contributed by atoms with E-state index in [2.05, 4.69) is 32.7 Å². The van der Waals surface area contributed by atoms with Crippen molar-refractivity contribution < 1.29 is 33.8 Å². The maximum atomic E-state index is 12.9. The van der Waals surface area contributed by atoms with Crippen LogP contribution in [0.1, 0.15) is 99.4 Å². The summed E-state index contributed by atoms with van der Waals surface area (Å²) in [6.45, 7) is 14.7. The normalized spacial score (nSPS) is 13.5. The van der Waals surface area contributed by atoms with E-state index in [1.165, 1.54) is 10.5 Å². The van der Waals surface area contributed by atoms with Gasteiger partial charge < -0.3 is 35.2 Å². The molecular weight excluding hydrogens is 711 g/mol. The Morgan fingerprint density at radius 2 is 1.11 bits per heavy atom. The van der Waals surface area contributed by atoms with Crippen molar-refractivity contribution in [2.45, 2.75) is 106 Å². The van der Waals surface area contributed by atoms with Crippen LogP contribution in [0, 0.1) is 13.8 Å². The standard InChI is InChI=1S/C25H27N3O4.C17H24N2O3.2CH4/c1-15-9-10-21-20(11-15)16(13-26-21)12-17(27-24(31)32-25(2,3)4)14-28-22(29)18-7-5-6-8-19(18)23(28)30;1-11-5-6-15-14(7-11)12(9-18-15)8-13(10-20)19-16(21)22-17(2,3)4;;/h5-11,13,17,26H,12,14H2,1-4H3,(H,27,31);5-7,9,13,18,20H,8,10H2,1-4H3,(H,19,21);2*1H4/t17-;13-;;/m11../s1. The summed E-state index contributed by atoms with van der Waals surface area (Å²) in [6.07, 6.45) is 3.69. The Balaban J connectivity index is 0.000000310. The number of aromatic nitrogens is 2. The summed E-state index contributed by atoms with van der Waals surface area (Å²) in [4.78, 5) is 57.8. The molecule has 12 nitrogen and oxygen atoms in total.